The minimum Gasteiger partial charge on any atom is -0.462 e. The smallest absolute Gasteiger partial charge is 0.462 e. The first-order valence-electron chi connectivity index (χ1n) is 33.3. The summed E-state index contributed by atoms with van der Waals surface area (Å²) >= 11 is 0. The van der Waals surface area contributed by atoms with Gasteiger partial charge in [0.25, 0.3) is 0 Å². The quantitative estimate of drug-likeness (QED) is 0.0222. The van der Waals surface area contributed by atoms with E-state index >= 15 is 0 Å². The molecule has 486 valence electrons. The first-order chi connectivity index (χ1) is 39.7. The lowest BCUT2D eigenvalue weighted by atomic mass is 10.0. The maximum Gasteiger partial charge on any atom is 0.472 e. The van der Waals surface area contributed by atoms with Crippen LogP contribution >= 0.6 is 15.6 Å². The van der Waals surface area contributed by atoms with Crippen molar-refractivity contribution in [1.29, 1.82) is 0 Å². The second-order valence-electron chi connectivity index (χ2n) is 22.8. The van der Waals surface area contributed by atoms with E-state index in [2.05, 4.69) is 20.8 Å². The fourth-order valence-electron chi connectivity index (χ4n) is 9.46. The Bertz CT molecular complexity index is 1590. The molecule has 0 rings (SSSR count). The minimum atomic E-state index is -4.94. The standard InChI is InChI=1S/C63H122O17P2/c1-5-9-13-16-19-22-24-26-28-30-32-35-37-40-44-48-61(66)74-54-59(80-63(68)49-45-41-38-34-21-18-15-11-7-3)56-78-82(71,72)76-52-57(64)51-75-81(69,70)77-55-58(53-73-60(65)47-43-12-8-4)79-62(67)50-46-42-39-36-33-31-29-27-25-23-20-17-14-10-6-2/h57-59,64H,5-56H2,1-4H3,(H,69,70)(H,71,72)/t57-,58+,59+/m0/s1. The molecule has 0 aromatic rings. The SMILES string of the molecule is CCCCCCCCCCCCCCCCCC(=O)OC[C@H](COP(=O)(O)OC[C@@H](O)COP(=O)(O)OC[C@@H](COC(=O)CCCCC)OC(=O)CCCCCCCCCCCCCCCCC)OC(=O)CCCCCCCCCCC. The van der Waals surface area contributed by atoms with Gasteiger partial charge in [-0.25, -0.2) is 9.13 Å². The van der Waals surface area contributed by atoms with Gasteiger partial charge in [-0.15, -0.1) is 0 Å². The van der Waals surface area contributed by atoms with Crippen LogP contribution in [-0.2, 0) is 65.4 Å². The van der Waals surface area contributed by atoms with E-state index in [0.717, 1.165) is 83.5 Å². The summed E-state index contributed by atoms with van der Waals surface area (Å²) < 4.78 is 67.6. The van der Waals surface area contributed by atoms with Crippen LogP contribution in [0, 0.1) is 0 Å². The Morgan fingerprint density at radius 3 is 0.744 bits per heavy atom. The fraction of sp³-hybridized carbons (Fsp3) is 0.937. The molecule has 0 spiro atoms. The molecule has 0 aliphatic heterocycles. The van der Waals surface area contributed by atoms with Crippen LogP contribution in [0.15, 0.2) is 0 Å². The van der Waals surface area contributed by atoms with E-state index in [9.17, 15) is 43.2 Å². The average Bonchev–Trinajstić information content (AvgIpc) is 3.49. The highest BCUT2D eigenvalue weighted by atomic mass is 31.2. The van der Waals surface area contributed by atoms with Crippen LogP contribution in [0.2, 0.25) is 0 Å². The summed E-state index contributed by atoms with van der Waals surface area (Å²) in [5, 5.41) is 10.5. The number of aliphatic hydroxyl groups is 1. The summed E-state index contributed by atoms with van der Waals surface area (Å²) in [6, 6.07) is 0. The Morgan fingerprint density at radius 2 is 0.488 bits per heavy atom. The van der Waals surface area contributed by atoms with Crippen molar-refractivity contribution >= 4 is 39.5 Å². The Labute approximate surface area is 498 Å². The second-order valence-corrected chi connectivity index (χ2v) is 25.7. The van der Waals surface area contributed by atoms with Gasteiger partial charge in [0.2, 0.25) is 0 Å². The van der Waals surface area contributed by atoms with Gasteiger partial charge in [-0.1, -0.05) is 272 Å². The maximum atomic E-state index is 12.9. The van der Waals surface area contributed by atoms with Crippen LogP contribution in [0.25, 0.3) is 0 Å². The zero-order chi connectivity index (χ0) is 60.5. The van der Waals surface area contributed by atoms with E-state index in [-0.39, 0.29) is 25.7 Å². The van der Waals surface area contributed by atoms with Crippen LogP contribution in [0.3, 0.4) is 0 Å². The summed E-state index contributed by atoms with van der Waals surface area (Å²) in [5.74, 6) is -2.16. The van der Waals surface area contributed by atoms with Gasteiger partial charge in [-0.2, -0.15) is 0 Å². The largest absolute Gasteiger partial charge is 0.472 e. The maximum absolute atomic E-state index is 12.9. The molecule has 0 radical (unpaired) electrons. The molecule has 0 bridgehead atoms. The Hall–Kier alpha value is -1.94. The number of rotatable bonds is 64. The summed E-state index contributed by atoms with van der Waals surface area (Å²) in [6.45, 7) is 4.71. The topological polar surface area (TPSA) is 237 Å². The van der Waals surface area contributed by atoms with E-state index in [1.54, 1.807) is 0 Å². The van der Waals surface area contributed by atoms with Crippen LogP contribution in [0.5, 0.6) is 0 Å². The summed E-state index contributed by atoms with van der Waals surface area (Å²) in [7, 11) is -9.87. The lowest BCUT2D eigenvalue weighted by Crippen LogP contribution is -2.30. The molecule has 82 heavy (non-hydrogen) atoms. The van der Waals surface area contributed by atoms with Crippen LogP contribution < -0.4 is 0 Å². The fourth-order valence-corrected chi connectivity index (χ4v) is 11.0. The predicted octanol–water partition coefficient (Wildman–Crippen LogP) is 17.5. The van der Waals surface area contributed by atoms with Crippen LogP contribution in [-0.4, -0.2) is 96.7 Å². The van der Waals surface area contributed by atoms with E-state index in [1.165, 1.54) is 161 Å². The van der Waals surface area contributed by atoms with Crippen molar-refractivity contribution in [2.24, 2.45) is 0 Å². The van der Waals surface area contributed by atoms with E-state index in [1.807, 2.05) is 6.92 Å². The third-order valence-corrected chi connectivity index (χ3v) is 16.5. The zero-order valence-corrected chi connectivity index (χ0v) is 54.2. The number of phosphoric ester groups is 2. The number of carbonyl (C=O) groups is 4. The Balaban J connectivity index is 5.03. The highest BCUT2D eigenvalue weighted by Gasteiger charge is 2.30. The molecule has 0 fully saturated rings. The number of hydrogen-bond donors (Lipinski definition) is 3. The van der Waals surface area contributed by atoms with Gasteiger partial charge in [0.15, 0.2) is 12.2 Å². The molecule has 0 aliphatic carbocycles. The van der Waals surface area contributed by atoms with Crippen molar-refractivity contribution in [3.8, 4) is 0 Å². The molecule has 3 N–H and O–H groups in total. The van der Waals surface area contributed by atoms with Gasteiger partial charge in [-0.05, 0) is 25.7 Å². The van der Waals surface area contributed by atoms with Gasteiger partial charge < -0.3 is 33.8 Å². The number of phosphoric acid groups is 2. The van der Waals surface area contributed by atoms with Gasteiger partial charge >= 0.3 is 39.5 Å². The molecule has 2 unspecified atom stereocenters. The average molecular weight is 1210 g/mol. The van der Waals surface area contributed by atoms with Crippen molar-refractivity contribution in [1.82, 2.24) is 0 Å². The first-order valence-corrected chi connectivity index (χ1v) is 36.3. The number of ether oxygens (including phenoxy) is 4. The summed E-state index contributed by atoms with van der Waals surface area (Å²) in [5.41, 5.74) is 0. The molecule has 5 atom stereocenters. The molecule has 19 heteroatoms. The highest BCUT2D eigenvalue weighted by molar-refractivity contribution is 7.47. The number of unbranched alkanes of at least 4 members (excludes halogenated alkanes) is 38. The van der Waals surface area contributed by atoms with Gasteiger partial charge in [0, 0.05) is 25.7 Å². The van der Waals surface area contributed by atoms with Crippen LogP contribution in [0.4, 0.5) is 0 Å². The number of carbonyl (C=O) groups excluding carboxylic acids is 4. The highest BCUT2D eigenvalue weighted by Crippen LogP contribution is 2.45. The molecule has 0 saturated carbocycles. The lowest BCUT2D eigenvalue weighted by Gasteiger charge is -2.21. The Morgan fingerprint density at radius 1 is 0.293 bits per heavy atom. The third-order valence-electron chi connectivity index (χ3n) is 14.6. The molecular formula is C63H122O17P2. The lowest BCUT2D eigenvalue weighted by molar-refractivity contribution is -0.161. The number of hydrogen-bond acceptors (Lipinski definition) is 15. The van der Waals surface area contributed by atoms with Crippen molar-refractivity contribution in [3.63, 3.8) is 0 Å². The van der Waals surface area contributed by atoms with E-state index in [0.29, 0.717) is 25.7 Å². The molecule has 0 aromatic heterocycles. The molecule has 0 aromatic carbocycles. The molecular weight excluding hydrogens is 1090 g/mol. The molecule has 17 nitrogen and oxygen atoms in total. The predicted molar refractivity (Wildman–Crippen MR) is 326 cm³/mol. The molecule has 0 saturated heterocycles. The summed E-state index contributed by atoms with van der Waals surface area (Å²) in [6.07, 6.45) is 43.9. The molecule has 0 heterocycles. The van der Waals surface area contributed by atoms with Crippen molar-refractivity contribution in [3.05, 3.63) is 0 Å². The normalized spacial score (nSPS) is 14.2. The van der Waals surface area contributed by atoms with Crippen molar-refractivity contribution < 1.29 is 80.2 Å². The van der Waals surface area contributed by atoms with Crippen LogP contribution in [0.1, 0.15) is 323 Å². The van der Waals surface area contributed by atoms with E-state index < -0.39 is 97.5 Å². The molecule has 0 amide bonds. The summed E-state index contributed by atoms with van der Waals surface area (Å²) in [4.78, 5) is 71.7. The third kappa shape index (κ3) is 57.2. The molecule has 0 aliphatic rings. The van der Waals surface area contributed by atoms with Gasteiger partial charge in [0.05, 0.1) is 26.4 Å². The van der Waals surface area contributed by atoms with Gasteiger partial charge in [0.1, 0.15) is 19.3 Å². The van der Waals surface area contributed by atoms with Gasteiger partial charge in [-0.3, -0.25) is 37.3 Å². The zero-order valence-electron chi connectivity index (χ0n) is 52.5. The van der Waals surface area contributed by atoms with E-state index in [4.69, 9.17) is 37.0 Å². The monoisotopic (exact) mass is 1210 g/mol. The Kier molecular flexibility index (Phi) is 56.7. The number of aliphatic hydroxyl groups excluding tert-OH is 1. The first kappa shape index (κ1) is 80.1. The van der Waals surface area contributed by atoms with Crippen molar-refractivity contribution in [2.75, 3.05) is 39.6 Å². The minimum absolute atomic E-state index is 0.106. The number of esters is 4. The van der Waals surface area contributed by atoms with Crippen molar-refractivity contribution in [2.45, 2.75) is 341 Å². The second kappa shape index (κ2) is 58.1.